The van der Waals surface area contributed by atoms with Gasteiger partial charge in [-0.2, -0.15) is 0 Å². The maximum atomic E-state index is 12.0. The molecule has 4 heteroatoms. The van der Waals surface area contributed by atoms with E-state index < -0.39 is 11.7 Å². The third-order valence-corrected chi connectivity index (χ3v) is 12.5. The summed E-state index contributed by atoms with van der Waals surface area (Å²) in [4.78, 5) is 0. The fourth-order valence-electron chi connectivity index (χ4n) is 10.7. The van der Waals surface area contributed by atoms with Crippen LogP contribution in [-0.2, 0) is 4.74 Å². The highest BCUT2D eigenvalue weighted by atomic mass is 16.5. The summed E-state index contributed by atoms with van der Waals surface area (Å²) >= 11 is 0. The smallest absolute Gasteiger partial charge is 0.0892 e. The molecule has 0 aromatic rings. The van der Waals surface area contributed by atoms with E-state index in [-0.39, 0.29) is 35.1 Å². The first-order valence-corrected chi connectivity index (χ1v) is 13.5. The second-order valence-corrected chi connectivity index (χ2v) is 14.2. The summed E-state index contributed by atoms with van der Waals surface area (Å²) in [5.74, 6) is 1.85. The second kappa shape index (κ2) is 7.18. The molecule has 1 spiro atoms. The maximum absolute atomic E-state index is 12.0. The number of aliphatic hydroxyl groups excluding tert-OH is 3. The maximum Gasteiger partial charge on any atom is 0.0892 e. The van der Waals surface area contributed by atoms with Gasteiger partial charge in [-0.15, -0.1) is 0 Å². The minimum absolute atomic E-state index is 0.0184. The Morgan fingerprint density at radius 2 is 1.62 bits per heavy atom. The van der Waals surface area contributed by atoms with Gasteiger partial charge >= 0.3 is 0 Å². The van der Waals surface area contributed by atoms with Gasteiger partial charge in [-0.05, 0) is 98.2 Å². The Labute approximate surface area is 195 Å². The van der Waals surface area contributed by atoms with Gasteiger partial charge in [0.05, 0.1) is 30.5 Å². The van der Waals surface area contributed by atoms with Crippen molar-refractivity contribution in [2.24, 2.45) is 45.3 Å². The predicted octanol–water partition coefficient (Wildman–Crippen LogP) is 4.93. The van der Waals surface area contributed by atoms with E-state index in [1.165, 1.54) is 25.7 Å². The van der Waals surface area contributed by atoms with Crippen LogP contribution in [-0.4, -0.2) is 45.8 Å². The SMILES string of the molecule is CC1CC(C)(CO)OC2C1C1(C)CCCC34CCC(O)C(C)(C)C3CCC(C4)C1(C)C2O. The summed E-state index contributed by atoms with van der Waals surface area (Å²) < 4.78 is 6.59. The van der Waals surface area contributed by atoms with E-state index in [1.54, 1.807) is 0 Å². The monoisotopic (exact) mass is 448 g/mol. The predicted molar refractivity (Wildman–Crippen MR) is 126 cm³/mol. The van der Waals surface area contributed by atoms with E-state index in [2.05, 4.69) is 34.6 Å². The molecule has 1 saturated heterocycles. The van der Waals surface area contributed by atoms with E-state index in [1.807, 2.05) is 6.92 Å². The van der Waals surface area contributed by atoms with Crippen molar-refractivity contribution in [2.45, 2.75) is 123 Å². The molecule has 11 unspecified atom stereocenters. The molecule has 0 amide bonds. The van der Waals surface area contributed by atoms with Crippen molar-refractivity contribution < 1.29 is 20.1 Å². The van der Waals surface area contributed by atoms with Gasteiger partial charge in [0.2, 0.25) is 0 Å². The van der Waals surface area contributed by atoms with E-state index in [0.29, 0.717) is 29.1 Å². The molecular formula is C28H48O4. The fourth-order valence-corrected chi connectivity index (χ4v) is 10.7. The molecule has 11 atom stereocenters. The summed E-state index contributed by atoms with van der Waals surface area (Å²) in [5.41, 5.74) is -0.368. The van der Waals surface area contributed by atoms with Gasteiger partial charge in [0.25, 0.3) is 0 Å². The minimum Gasteiger partial charge on any atom is -0.393 e. The first-order chi connectivity index (χ1) is 14.8. The third kappa shape index (κ3) is 2.82. The van der Waals surface area contributed by atoms with Gasteiger partial charge < -0.3 is 20.1 Å². The van der Waals surface area contributed by atoms with Crippen molar-refractivity contribution in [3.05, 3.63) is 0 Å². The summed E-state index contributed by atoms with van der Waals surface area (Å²) in [6, 6.07) is 0. The van der Waals surface area contributed by atoms with Crippen molar-refractivity contribution in [1.82, 2.24) is 0 Å². The molecule has 2 bridgehead atoms. The summed E-state index contributed by atoms with van der Waals surface area (Å²) in [6.45, 7) is 13.9. The average molecular weight is 449 g/mol. The number of hydrogen-bond donors (Lipinski definition) is 3. The Balaban J connectivity index is 1.54. The molecule has 1 aliphatic heterocycles. The van der Waals surface area contributed by atoms with Crippen LogP contribution in [0.2, 0.25) is 0 Å². The Morgan fingerprint density at radius 3 is 2.31 bits per heavy atom. The Hall–Kier alpha value is -0.160. The number of ether oxygens (including phenoxy) is 1. The minimum atomic E-state index is -0.545. The highest BCUT2D eigenvalue weighted by Crippen LogP contribution is 2.73. The first-order valence-electron chi connectivity index (χ1n) is 13.5. The lowest BCUT2D eigenvalue weighted by molar-refractivity contribution is -0.203. The lowest BCUT2D eigenvalue weighted by Crippen LogP contribution is -2.58. The van der Waals surface area contributed by atoms with Crippen LogP contribution in [0, 0.1) is 45.3 Å². The molecule has 4 aliphatic carbocycles. The van der Waals surface area contributed by atoms with Crippen molar-refractivity contribution in [3.8, 4) is 0 Å². The van der Waals surface area contributed by atoms with E-state index in [9.17, 15) is 15.3 Å². The van der Waals surface area contributed by atoms with Crippen LogP contribution in [0.1, 0.15) is 99.3 Å². The number of aliphatic hydroxyl groups is 3. The zero-order valence-corrected chi connectivity index (χ0v) is 21.4. The quantitative estimate of drug-likeness (QED) is 0.532. The van der Waals surface area contributed by atoms with Crippen molar-refractivity contribution in [3.63, 3.8) is 0 Å². The molecule has 4 saturated carbocycles. The van der Waals surface area contributed by atoms with E-state index >= 15 is 0 Å². The van der Waals surface area contributed by atoms with Crippen molar-refractivity contribution in [1.29, 1.82) is 0 Å². The van der Waals surface area contributed by atoms with Gasteiger partial charge in [0.15, 0.2) is 0 Å². The second-order valence-electron chi connectivity index (χ2n) is 14.2. The first kappa shape index (κ1) is 23.6. The van der Waals surface area contributed by atoms with Gasteiger partial charge in [-0.25, -0.2) is 0 Å². The standard InChI is InChI=1S/C28H48O4/c1-17-14-25(4,16-29)32-22-21(17)26(5)11-7-12-28-13-10-20(30)24(2,3)19(28)9-8-18(15-28)27(26,6)23(22)31/h17-23,29-31H,7-16H2,1-6H3. The van der Waals surface area contributed by atoms with Crippen LogP contribution < -0.4 is 0 Å². The summed E-state index contributed by atoms with van der Waals surface area (Å²) in [7, 11) is 0. The van der Waals surface area contributed by atoms with Gasteiger partial charge in [0, 0.05) is 5.41 Å². The largest absolute Gasteiger partial charge is 0.393 e. The normalized spacial score (nSPS) is 59.3. The Morgan fingerprint density at radius 1 is 0.906 bits per heavy atom. The van der Waals surface area contributed by atoms with Gasteiger partial charge in [-0.1, -0.05) is 41.0 Å². The molecule has 5 fully saturated rings. The zero-order valence-electron chi connectivity index (χ0n) is 21.4. The Bertz CT molecular complexity index is 752. The molecule has 1 heterocycles. The van der Waals surface area contributed by atoms with Crippen molar-refractivity contribution >= 4 is 0 Å². The molecule has 32 heavy (non-hydrogen) atoms. The Kier molecular flexibility index (Phi) is 5.29. The molecule has 0 radical (unpaired) electrons. The summed E-state index contributed by atoms with van der Waals surface area (Å²) in [5, 5.41) is 32.9. The van der Waals surface area contributed by atoms with Crippen LogP contribution in [0.4, 0.5) is 0 Å². The topological polar surface area (TPSA) is 69.9 Å². The van der Waals surface area contributed by atoms with Crippen LogP contribution in [0.3, 0.4) is 0 Å². The van der Waals surface area contributed by atoms with Crippen LogP contribution >= 0.6 is 0 Å². The lowest BCUT2D eigenvalue weighted by Gasteiger charge is -2.64. The molecule has 3 N–H and O–H groups in total. The highest BCUT2D eigenvalue weighted by Gasteiger charge is 2.72. The molecule has 5 rings (SSSR count). The van der Waals surface area contributed by atoms with Gasteiger partial charge in [0.1, 0.15) is 0 Å². The van der Waals surface area contributed by atoms with E-state index in [4.69, 9.17) is 4.74 Å². The van der Waals surface area contributed by atoms with Crippen LogP contribution in [0.5, 0.6) is 0 Å². The number of hydrogen-bond acceptors (Lipinski definition) is 4. The average Bonchev–Trinajstić information content (AvgIpc) is 2.89. The fraction of sp³-hybridized carbons (Fsp3) is 1.00. The lowest BCUT2D eigenvalue weighted by atomic mass is 9.41. The van der Waals surface area contributed by atoms with Crippen molar-refractivity contribution in [2.75, 3.05) is 6.61 Å². The zero-order chi connectivity index (χ0) is 23.3. The molecule has 4 nitrogen and oxygen atoms in total. The molecular weight excluding hydrogens is 400 g/mol. The number of rotatable bonds is 1. The molecule has 5 aliphatic rings. The third-order valence-electron chi connectivity index (χ3n) is 12.5. The highest BCUT2D eigenvalue weighted by molar-refractivity contribution is 5.20. The van der Waals surface area contributed by atoms with E-state index in [0.717, 1.165) is 32.1 Å². The molecule has 0 aromatic heterocycles. The van der Waals surface area contributed by atoms with Crippen LogP contribution in [0.25, 0.3) is 0 Å². The van der Waals surface area contributed by atoms with Gasteiger partial charge in [-0.3, -0.25) is 0 Å². The number of fused-ring (bicyclic) bond motifs is 5. The summed E-state index contributed by atoms with van der Waals surface area (Å²) in [6.07, 6.45) is 9.24. The molecule has 0 aromatic carbocycles. The molecule has 184 valence electrons. The van der Waals surface area contributed by atoms with Crippen LogP contribution in [0.15, 0.2) is 0 Å².